The molecule has 0 radical (unpaired) electrons. The molecule has 2 atom stereocenters. The molecule has 83 heavy (non-hydrogen) atoms. The molecule has 0 amide bonds. The lowest BCUT2D eigenvalue weighted by atomic mass is 10.0. The molecule has 0 saturated carbocycles. The Bertz CT molecular complexity index is 1780. The van der Waals surface area contributed by atoms with Crippen LogP contribution in [0.2, 0.25) is 0 Å². The fourth-order valence-corrected chi connectivity index (χ4v) is 9.05. The molecular formula is C74H125NO8. The van der Waals surface area contributed by atoms with Crippen molar-refractivity contribution >= 4 is 17.9 Å². The average Bonchev–Trinajstić information content (AvgIpc) is 3.46. The van der Waals surface area contributed by atoms with Crippen molar-refractivity contribution in [2.24, 2.45) is 0 Å². The molecule has 0 aliphatic rings. The molecule has 0 aliphatic carbocycles. The number of aliphatic carboxylic acids is 1. The number of carbonyl (C=O) groups is 3. The molecule has 9 nitrogen and oxygen atoms in total. The van der Waals surface area contributed by atoms with Crippen LogP contribution in [0.5, 0.6) is 0 Å². The molecule has 0 rings (SSSR count). The van der Waals surface area contributed by atoms with Crippen molar-refractivity contribution in [3.8, 4) is 0 Å². The minimum atomic E-state index is -1.63. The Morgan fingerprint density at radius 3 is 1.02 bits per heavy atom. The molecule has 0 fully saturated rings. The Hall–Kier alpha value is -4.31. The maximum atomic E-state index is 12.9. The van der Waals surface area contributed by atoms with Crippen LogP contribution < -0.4 is 5.11 Å². The first kappa shape index (κ1) is 78.7. The van der Waals surface area contributed by atoms with Gasteiger partial charge in [0.25, 0.3) is 0 Å². The number of carbonyl (C=O) groups excluding carboxylic acids is 3. The van der Waals surface area contributed by atoms with Crippen molar-refractivity contribution in [1.82, 2.24) is 0 Å². The summed E-state index contributed by atoms with van der Waals surface area (Å²) >= 11 is 0. The van der Waals surface area contributed by atoms with Crippen LogP contribution in [0, 0.1) is 0 Å². The molecule has 474 valence electrons. The summed E-state index contributed by atoms with van der Waals surface area (Å²) < 4.78 is 22.8. The molecular weight excluding hydrogens is 1030 g/mol. The number of hydrogen-bond acceptors (Lipinski definition) is 8. The first-order valence-corrected chi connectivity index (χ1v) is 33.7. The number of quaternary nitrogens is 1. The van der Waals surface area contributed by atoms with Crippen LogP contribution in [0.1, 0.15) is 271 Å². The minimum absolute atomic E-state index is 0.140. The molecule has 0 saturated heterocycles. The third-order valence-corrected chi connectivity index (χ3v) is 14.2. The van der Waals surface area contributed by atoms with Crippen LogP contribution >= 0.6 is 0 Å². The predicted molar refractivity (Wildman–Crippen MR) is 352 cm³/mol. The monoisotopic (exact) mass is 1160 g/mol. The Morgan fingerprint density at radius 1 is 0.373 bits per heavy atom. The van der Waals surface area contributed by atoms with Gasteiger partial charge in [-0.2, -0.15) is 0 Å². The number of likely N-dealkylation sites (N-methyl/N-ethyl adjacent to an activating group) is 1. The number of esters is 2. The summed E-state index contributed by atoms with van der Waals surface area (Å²) in [5.74, 6) is -2.30. The number of ether oxygens (including phenoxy) is 4. The van der Waals surface area contributed by atoms with E-state index in [1.54, 1.807) is 0 Å². The zero-order valence-corrected chi connectivity index (χ0v) is 54.0. The van der Waals surface area contributed by atoms with E-state index in [1.807, 2.05) is 21.1 Å². The summed E-state index contributed by atoms with van der Waals surface area (Å²) in [6.45, 7) is 4.62. The molecule has 0 aromatic heterocycles. The average molecular weight is 1160 g/mol. The molecule has 0 spiro atoms. The van der Waals surface area contributed by atoms with E-state index in [4.69, 9.17) is 18.9 Å². The fourth-order valence-electron chi connectivity index (χ4n) is 9.05. The van der Waals surface area contributed by atoms with Crippen LogP contribution in [0.3, 0.4) is 0 Å². The lowest BCUT2D eigenvalue weighted by Gasteiger charge is -2.26. The normalized spacial score (nSPS) is 13.5. The SMILES string of the molecule is CC/C=C\C/C=C\C/C=C\C/C=C\C/C=C\C/C=C\C/C=C\CCCCCCCCCCCC(=O)OC(COC(=O)CCCCCCCCCCCCCC/C=C\C/C=C\C/C=C\CCCCCCC)COC(OCC[N+](C)(C)C)C(=O)[O-]. The maximum Gasteiger partial charge on any atom is 0.306 e. The standard InChI is InChI=1S/C74H125NO8/c1-6-8-10-12-14-16-18-20-22-24-26-28-30-32-34-35-36-37-39-41-43-45-47-49-51-53-55-57-59-61-63-65-72(77)83-70(69-82-74(73(78)79)80-67-66-75(3,4)5)68-81-71(76)64-62-60-58-56-54-52-50-48-46-44-42-40-38-33-31-29-27-25-23-21-19-17-15-13-11-9-7-2/h8,10,14,16,19-22,25-28,31-34,36-37,41,43,70,74H,6-7,9,11-13,15,17-18,23-24,29-30,35,38-40,42,44-69H2,1-5H3/b10-8-,16-14-,21-19-,22-20-,27-25-,28-26-,33-31-,34-32-,37-36-,43-41-. The number of rotatable bonds is 61. The number of carboxylic acid groups (broad SMARTS) is 1. The lowest BCUT2D eigenvalue weighted by Crippen LogP contribution is -2.44. The highest BCUT2D eigenvalue weighted by Gasteiger charge is 2.22. The lowest BCUT2D eigenvalue weighted by molar-refractivity contribution is -0.870. The van der Waals surface area contributed by atoms with Gasteiger partial charge < -0.3 is 33.3 Å². The molecule has 0 aromatic rings. The van der Waals surface area contributed by atoms with E-state index in [0.717, 1.165) is 103 Å². The zero-order valence-electron chi connectivity index (χ0n) is 54.0. The molecule has 0 aliphatic heterocycles. The van der Waals surface area contributed by atoms with Gasteiger partial charge in [0.1, 0.15) is 13.2 Å². The third-order valence-electron chi connectivity index (χ3n) is 14.2. The van der Waals surface area contributed by atoms with E-state index in [2.05, 4.69) is 135 Å². The second kappa shape index (κ2) is 63.7. The number of nitrogens with zero attached hydrogens (tertiary/aromatic N) is 1. The van der Waals surface area contributed by atoms with Gasteiger partial charge in [-0.1, -0.05) is 270 Å². The van der Waals surface area contributed by atoms with E-state index < -0.39 is 24.3 Å². The second-order valence-electron chi connectivity index (χ2n) is 23.4. The predicted octanol–water partition coefficient (Wildman–Crippen LogP) is 19.5. The summed E-state index contributed by atoms with van der Waals surface area (Å²) in [4.78, 5) is 37.5. The second-order valence-corrected chi connectivity index (χ2v) is 23.4. The highest BCUT2D eigenvalue weighted by Crippen LogP contribution is 2.16. The van der Waals surface area contributed by atoms with Crippen molar-refractivity contribution < 1.29 is 42.9 Å². The highest BCUT2D eigenvalue weighted by molar-refractivity contribution is 5.70. The van der Waals surface area contributed by atoms with Crippen LogP contribution in [0.25, 0.3) is 0 Å². The van der Waals surface area contributed by atoms with Gasteiger partial charge in [0.05, 0.1) is 40.3 Å². The smallest absolute Gasteiger partial charge is 0.306 e. The van der Waals surface area contributed by atoms with Crippen molar-refractivity contribution in [3.63, 3.8) is 0 Å². The van der Waals surface area contributed by atoms with Crippen molar-refractivity contribution in [2.75, 3.05) is 47.5 Å². The van der Waals surface area contributed by atoms with Gasteiger partial charge in [0.2, 0.25) is 0 Å². The van der Waals surface area contributed by atoms with Crippen LogP contribution in [0.4, 0.5) is 0 Å². The van der Waals surface area contributed by atoms with Gasteiger partial charge in [0, 0.05) is 12.8 Å². The quantitative estimate of drug-likeness (QED) is 0.0195. The van der Waals surface area contributed by atoms with Crippen molar-refractivity contribution in [1.29, 1.82) is 0 Å². The van der Waals surface area contributed by atoms with Crippen LogP contribution in [-0.4, -0.2) is 82.3 Å². The Kier molecular flexibility index (Phi) is 60.4. The number of unbranched alkanes of at least 4 members (excludes halogenated alkanes) is 26. The van der Waals surface area contributed by atoms with Gasteiger partial charge in [-0.15, -0.1) is 0 Å². The zero-order chi connectivity index (χ0) is 60.5. The molecule has 0 aromatic carbocycles. The van der Waals surface area contributed by atoms with E-state index in [0.29, 0.717) is 17.4 Å². The van der Waals surface area contributed by atoms with Crippen LogP contribution in [-0.2, 0) is 33.3 Å². The minimum Gasteiger partial charge on any atom is -0.545 e. The molecule has 0 bridgehead atoms. The first-order valence-electron chi connectivity index (χ1n) is 33.7. The third kappa shape index (κ3) is 65.1. The fraction of sp³-hybridized carbons (Fsp3) is 0.689. The van der Waals surface area contributed by atoms with E-state index >= 15 is 0 Å². The number of hydrogen-bond donors (Lipinski definition) is 0. The highest BCUT2D eigenvalue weighted by atomic mass is 16.7. The molecule has 0 heterocycles. The Balaban J connectivity index is 4.21. The summed E-state index contributed by atoms with van der Waals surface area (Å²) in [5, 5.41) is 11.8. The molecule has 2 unspecified atom stereocenters. The Morgan fingerprint density at radius 2 is 0.687 bits per heavy atom. The topological polar surface area (TPSA) is 111 Å². The summed E-state index contributed by atoms with van der Waals surface area (Å²) in [6.07, 6.45) is 86.9. The Labute approximate surface area is 510 Å². The summed E-state index contributed by atoms with van der Waals surface area (Å²) in [5.41, 5.74) is 0. The van der Waals surface area contributed by atoms with E-state index in [1.165, 1.54) is 135 Å². The largest absolute Gasteiger partial charge is 0.545 e. The van der Waals surface area contributed by atoms with Gasteiger partial charge in [-0.25, -0.2) is 0 Å². The summed E-state index contributed by atoms with van der Waals surface area (Å²) in [7, 11) is 5.92. The van der Waals surface area contributed by atoms with E-state index in [-0.39, 0.29) is 38.6 Å². The molecule has 9 heteroatoms. The van der Waals surface area contributed by atoms with Gasteiger partial charge in [0.15, 0.2) is 12.4 Å². The van der Waals surface area contributed by atoms with Crippen molar-refractivity contribution in [3.05, 3.63) is 122 Å². The molecule has 0 N–H and O–H groups in total. The van der Waals surface area contributed by atoms with Gasteiger partial charge in [-0.05, 0) is 109 Å². The number of carboxylic acids is 1. The maximum absolute atomic E-state index is 12.9. The van der Waals surface area contributed by atoms with Gasteiger partial charge >= 0.3 is 11.9 Å². The van der Waals surface area contributed by atoms with Crippen molar-refractivity contribution in [2.45, 2.75) is 283 Å². The number of allylic oxidation sites excluding steroid dienone is 20. The van der Waals surface area contributed by atoms with Crippen LogP contribution in [0.15, 0.2) is 122 Å². The summed E-state index contributed by atoms with van der Waals surface area (Å²) in [6, 6.07) is 0. The van der Waals surface area contributed by atoms with E-state index in [9.17, 15) is 19.5 Å². The first-order chi connectivity index (χ1) is 40.6. The van der Waals surface area contributed by atoms with Gasteiger partial charge in [-0.3, -0.25) is 9.59 Å².